The van der Waals surface area contributed by atoms with Crippen molar-refractivity contribution in [2.24, 2.45) is 0 Å². The monoisotopic (exact) mass is 664 g/mol. The van der Waals surface area contributed by atoms with Crippen molar-refractivity contribution in [3.05, 3.63) is 170 Å². The third kappa shape index (κ3) is 3.64. The van der Waals surface area contributed by atoms with Crippen LogP contribution in [0.2, 0.25) is 0 Å². The zero-order chi connectivity index (χ0) is 33.9. The SMILES string of the molecule is c1cc(-n2c3ccccc3c3ccccc32)nc(-n2c3ccccc3c3c4oc5ccc(-n6c7ccccc7c7ccccc76)cc5c4ccc32)c1. The minimum Gasteiger partial charge on any atom is -0.455 e. The fraction of sp³-hybridized carbons (Fsp3) is 0. The molecule has 12 aromatic rings. The number of furan rings is 1. The maximum atomic E-state index is 6.80. The van der Waals surface area contributed by atoms with Crippen molar-refractivity contribution < 1.29 is 4.42 Å². The lowest BCUT2D eigenvalue weighted by atomic mass is 10.1. The second kappa shape index (κ2) is 10.2. The molecule has 0 radical (unpaired) electrons. The van der Waals surface area contributed by atoms with E-state index >= 15 is 0 Å². The molecule has 7 aromatic carbocycles. The molecule has 0 aliphatic rings. The first-order chi connectivity index (χ1) is 25.8. The van der Waals surface area contributed by atoms with Crippen molar-refractivity contribution >= 4 is 87.4 Å². The number of aromatic nitrogens is 4. The summed E-state index contributed by atoms with van der Waals surface area (Å²) in [5.74, 6) is 1.73. The second-order valence-electron chi connectivity index (χ2n) is 13.6. The average molecular weight is 665 g/mol. The highest BCUT2D eigenvalue weighted by Crippen LogP contribution is 2.42. The van der Waals surface area contributed by atoms with E-state index < -0.39 is 0 Å². The van der Waals surface area contributed by atoms with Gasteiger partial charge >= 0.3 is 0 Å². The van der Waals surface area contributed by atoms with Crippen LogP contribution in [0.3, 0.4) is 0 Å². The third-order valence-corrected chi connectivity index (χ3v) is 10.9. The largest absolute Gasteiger partial charge is 0.455 e. The molecule has 0 atom stereocenters. The van der Waals surface area contributed by atoms with Crippen molar-refractivity contribution in [3.63, 3.8) is 0 Å². The highest BCUT2D eigenvalue weighted by atomic mass is 16.3. The number of hydrogen-bond acceptors (Lipinski definition) is 2. The first-order valence-electron chi connectivity index (χ1n) is 17.6. The smallest absolute Gasteiger partial charge is 0.145 e. The van der Waals surface area contributed by atoms with Gasteiger partial charge in [0.25, 0.3) is 0 Å². The molecule has 0 aliphatic heterocycles. The van der Waals surface area contributed by atoms with E-state index in [1.807, 2.05) is 0 Å². The molecule has 0 fully saturated rings. The number of para-hydroxylation sites is 5. The summed E-state index contributed by atoms with van der Waals surface area (Å²) in [5, 5.41) is 9.35. The lowest BCUT2D eigenvalue weighted by Crippen LogP contribution is -2.03. The van der Waals surface area contributed by atoms with Crippen LogP contribution in [0, 0.1) is 0 Å². The van der Waals surface area contributed by atoms with Gasteiger partial charge in [-0.25, -0.2) is 4.98 Å². The van der Waals surface area contributed by atoms with E-state index in [1.165, 1.54) is 32.6 Å². The van der Waals surface area contributed by atoms with Crippen LogP contribution in [-0.4, -0.2) is 18.7 Å². The quantitative estimate of drug-likeness (QED) is 0.189. The fourth-order valence-corrected chi connectivity index (χ4v) is 8.69. The summed E-state index contributed by atoms with van der Waals surface area (Å²) in [5.41, 5.74) is 9.68. The summed E-state index contributed by atoms with van der Waals surface area (Å²) in [4.78, 5) is 5.36. The van der Waals surface area contributed by atoms with Crippen LogP contribution in [-0.2, 0) is 0 Å². The minimum atomic E-state index is 0.856. The highest BCUT2D eigenvalue weighted by Gasteiger charge is 2.21. The maximum absolute atomic E-state index is 6.80. The van der Waals surface area contributed by atoms with Crippen molar-refractivity contribution in [3.8, 4) is 17.3 Å². The Morgan fingerprint density at radius 2 is 0.827 bits per heavy atom. The number of hydrogen-bond donors (Lipinski definition) is 0. The Kier molecular flexibility index (Phi) is 5.44. The predicted molar refractivity (Wildman–Crippen MR) is 215 cm³/mol. The Hall–Kier alpha value is -7.11. The molecule has 0 spiro atoms. The zero-order valence-corrected chi connectivity index (χ0v) is 27.9. The van der Waals surface area contributed by atoms with Crippen molar-refractivity contribution in [2.45, 2.75) is 0 Å². The topological polar surface area (TPSA) is 40.8 Å². The van der Waals surface area contributed by atoms with Gasteiger partial charge in [-0.2, -0.15) is 0 Å². The van der Waals surface area contributed by atoms with E-state index in [-0.39, 0.29) is 0 Å². The zero-order valence-electron chi connectivity index (χ0n) is 27.9. The molecule has 5 heterocycles. The van der Waals surface area contributed by atoms with Gasteiger partial charge in [-0.05, 0) is 72.8 Å². The number of pyridine rings is 1. The minimum absolute atomic E-state index is 0.856. The van der Waals surface area contributed by atoms with E-state index in [9.17, 15) is 0 Å². The van der Waals surface area contributed by atoms with Crippen LogP contribution >= 0.6 is 0 Å². The Morgan fingerprint density at radius 1 is 0.346 bits per heavy atom. The summed E-state index contributed by atoms with van der Waals surface area (Å²) in [6.45, 7) is 0. The Balaban J connectivity index is 1.09. The van der Waals surface area contributed by atoms with Crippen LogP contribution in [0.25, 0.3) is 105 Å². The Morgan fingerprint density at radius 3 is 1.40 bits per heavy atom. The molecule has 0 amide bonds. The normalized spacial score (nSPS) is 12.2. The van der Waals surface area contributed by atoms with Gasteiger partial charge < -0.3 is 8.98 Å². The van der Waals surface area contributed by atoms with Gasteiger partial charge in [0.15, 0.2) is 0 Å². The Labute approximate surface area is 296 Å². The number of nitrogens with zero attached hydrogens (tertiary/aromatic N) is 4. The van der Waals surface area contributed by atoms with Crippen LogP contribution in [0.4, 0.5) is 0 Å². The molecule has 0 bridgehead atoms. The van der Waals surface area contributed by atoms with Crippen LogP contribution in [0.5, 0.6) is 0 Å². The van der Waals surface area contributed by atoms with Crippen LogP contribution in [0.15, 0.2) is 174 Å². The van der Waals surface area contributed by atoms with Crippen molar-refractivity contribution in [1.29, 1.82) is 0 Å². The van der Waals surface area contributed by atoms with Crippen LogP contribution < -0.4 is 0 Å². The summed E-state index contributed by atoms with van der Waals surface area (Å²) in [6, 6.07) is 60.3. The first kappa shape index (κ1) is 27.7. The fourth-order valence-electron chi connectivity index (χ4n) is 8.69. The number of fused-ring (bicyclic) bond motifs is 13. The summed E-state index contributed by atoms with van der Waals surface area (Å²) < 4.78 is 13.7. The van der Waals surface area contributed by atoms with E-state index in [0.29, 0.717) is 0 Å². The molecule has 12 rings (SSSR count). The van der Waals surface area contributed by atoms with Gasteiger partial charge in [-0.3, -0.25) is 9.13 Å². The molecule has 0 aliphatic carbocycles. The van der Waals surface area contributed by atoms with Gasteiger partial charge in [-0.15, -0.1) is 0 Å². The van der Waals surface area contributed by atoms with Crippen LogP contribution in [0.1, 0.15) is 0 Å². The molecule has 0 saturated carbocycles. The number of benzene rings is 7. The van der Waals surface area contributed by atoms with E-state index in [1.54, 1.807) is 0 Å². The molecule has 5 nitrogen and oxygen atoms in total. The van der Waals surface area contributed by atoms with Gasteiger partial charge in [0.2, 0.25) is 0 Å². The van der Waals surface area contributed by atoms with Gasteiger partial charge in [0, 0.05) is 43.4 Å². The Bertz CT molecular complexity index is 3320. The lowest BCUT2D eigenvalue weighted by molar-refractivity contribution is 0.673. The highest BCUT2D eigenvalue weighted by molar-refractivity contribution is 6.24. The number of rotatable bonds is 3. The molecular formula is C47H28N4O. The molecule has 0 N–H and O–H groups in total. The van der Waals surface area contributed by atoms with E-state index in [2.05, 4.69) is 184 Å². The predicted octanol–water partition coefficient (Wildman–Crippen LogP) is 12.3. The maximum Gasteiger partial charge on any atom is 0.145 e. The summed E-state index contributed by atoms with van der Waals surface area (Å²) in [6.07, 6.45) is 0. The second-order valence-corrected chi connectivity index (χ2v) is 13.6. The van der Waals surface area contributed by atoms with Gasteiger partial charge in [0.1, 0.15) is 22.8 Å². The van der Waals surface area contributed by atoms with Crippen molar-refractivity contribution in [2.75, 3.05) is 0 Å². The summed E-state index contributed by atoms with van der Waals surface area (Å²) in [7, 11) is 0. The lowest BCUT2D eigenvalue weighted by Gasteiger charge is -2.11. The van der Waals surface area contributed by atoms with Gasteiger partial charge in [-0.1, -0.05) is 97.1 Å². The molecule has 0 unspecified atom stereocenters. The van der Waals surface area contributed by atoms with Crippen molar-refractivity contribution in [1.82, 2.24) is 18.7 Å². The molecule has 0 saturated heterocycles. The van der Waals surface area contributed by atoms with E-state index in [4.69, 9.17) is 9.40 Å². The van der Waals surface area contributed by atoms with Gasteiger partial charge in [0.05, 0.1) is 38.5 Å². The average Bonchev–Trinajstić information content (AvgIpc) is 3.94. The first-order valence-corrected chi connectivity index (χ1v) is 17.6. The molecule has 5 aromatic heterocycles. The molecule has 5 heteroatoms. The molecular weight excluding hydrogens is 637 g/mol. The van der Waals surface area contributed by atoms with E-state index in [0.717, 1.165) is 72.1 Å². The standard InChI is InChI=1S/C47H28N4O/c1-6-17-37-30(12-1)31-13-2-7-18-38(31)49(37)29-24-27-43-36(28-29)34-25-26-42-46(47(34)52-43)35-16-5-10-21-41(35)51(42)45-23-11-22-44(48-45)50-39-19-8-3-14-32(39)33-15-4-9-20-40(33)50/h1-28H. The molecule has 52 heavy (non-hydrogen) atoms. The molecule has 242 valence electrons. The summed E-state index contributed by atoms with van der Waals surface area (Å²) >= 11 is 0. The third-order valence-electron chi connectivity index (χ3n) is 10.9.